The highest BCUT2D eigenvalue weighted by molar-refractivity contribution is 6.06. The molecule has 0 saturated heterocycles. The summed E-state index contributed by atoms with van der Waals surface area (Å²) in [5, 5.41) is 14.2. The fraction of sp³-hybridized carbons (Fsp3) is 0.294. The summed E-state index contributed by atoms with van der Waals surface area (Å²) in [6.07, 6.45) is 4.40. The minimum Gasteiger partial charge on any atom is -0.395 e. The van der Waals surface area contributed by atoms with Gasteiger partial charge in [0.1, 0.15) is 11.5 Å². The van der Waals surface area contributed by atoms with E-state index >= 15 is 0 Å². The molecule has 2 amide bonds. The summed E-state index contributed by atoms with van der Waals surface area (Å²) in [4.78, 5) is 33.0. The van der Waals surface area contributed by atoms with Gasteiger partial charge in [-0.3, -0.25) is 14.6 Å². The zero-order chi connectivity index (χ0) is 16.7. The number of anilines is 1. The van der Waals surface area contributed by atoms with Crippen LogP contribution < -0.4 is 10.6 Å². The molecule has 7 nitrogen and oxygen atoms in total. The smallest absolute Gasteiger partial charge is 0.269 e. The van der Waals surface area contributed by atoms with Crippen LogP contribution in [-0.4, -0.2) is 40.0 Å². The van der Waals surface area contributed by atoms with E-state index in [9.17, 15) is 9.59 Å². The Labute approximate surface area is 138 Å². The SMILES string of the molecule is O=C(NCCO)c1cc2c(cn1)CC1(C2)C(=O)Nc2ncccc21. The van der Waals surface area contributed by atoms with Crippen molar-refractivity contribution in [2.24, 2.45) is 0 Å². The van der Waals surface area contributed by atoms with E-state index in [2.05, 4.69) is 20.6 Å². The highest BCUT2D eigenvalue weighted by Gasteiger charge is 2.51. The van der Waals surface area contributed by atoms with Gasteiger partial charge in [0, 0.05) is 24.5 Å². The van der Waals surface area contributed by atoms with Crippen LogP contribution in [0.15, 0.2) is 30.6 Å². The Morgan fingerprint density at radius 3 is 3.00 bits per heavy atom. The number of nitrogens with one attached hydrogen (secondary N) is 2. The number of hydrogen-bond acceptors (Lipinski definition) is 5. The lowest BCUT2D eigenvalue weighted by Gasteiger charge is -2.20. The molecular formula is C17H16N4O3. The fourth-order valence-electron chi connectivity index (χ4n) is 3.54. The van der Waals surface area contributed by atoms with Crippen LogP contribution in [0.25, 0.3) is 0 Å². The minimum absolute atomic E-state index is 0.0568. The van der Waals surface area contributed by atoms with Gasteiger partial charge in [0.2, 0.25) is 5.91 Å². The Bertz CT molecular complexity index is 851. The lowest BCUT2D eigenvalue weighted by Crippen LogP contribution is -2.35. The number of carbonyl (C=O) groups excluding carboxylic acids is 2. The van der Waals surface area contributed by atoms with E-state index < -0.39 is 5.41 Å². The molecule has 4 rings (SSSR count). The zero-order valence-corrected chi connectivity index (χ0v) is 12.9. The van der Waals surface area contributed by atoms with E-state index in [0.717, 1.165) is 16.7 Å². The average Bonchev–Trinajstić information content (AvgIpc) is 3.11. The van der Waals surface area contributed by atoms with E-state index in [4.69, 9.17) is 5.11 Å². The molecule has 3 heterocycles. The third kappa shape index (κ3) is 2.09. The second kappa shape index (κ2) is 5.38. The molecule has 122 valence electrons. The van der Waals surface area contributed by atoms with Crippen molar-refractivity contribution in [3.05, 3.63) is 53.0 Å². The number of amides is 2. The van der Waals surface area contributed by atoms with Crippen LogP contribution in [0.4, 0.5) is 5.82 Å². The van der Waals surface area contributed by atoms with E-state index in [1.807, 2.05) is 12.1 Å². The molecule has 1 spiro atoms. The number of aromatic nitrogens is 2. The summed E-state index contributed by atoms with van der Waals surface area (Å²) >= 11 is 0. The van der Waals surface area contributed by atoms with Crippen molar-refractivity contribution in [2.45, 2.75) is 18.3 Å². The molecule has 1 atom stereocenters. The molecule has 0 aromatic carbocycles. The maximum atomic E-state index is 12.6. The third-order valence-corrected chi connectivity index (χ3v) is 4.69. The maximum absolute atomic E-state index is 12.6. The predicted octanol–water partition coefficient (Wildman–Crippen LogP) is 0.187. The first-order valence-electron chi connectivity index (χ1n) is 7.78. The number of aliphatic hydroxyl groups is 1. The molecule has 2 aromatic heterocycles. The van der Waals surface area contributed by atoms with Crippen LogP contribution in [0, 0.1) is 0 Å². The summed E-state index contributed by atoms with van der Waals surface area (Å²) in [5.41, 5.74) is 2.46. The molecule has 0 saturated carbocycles. The zero-order valence-electron chi connectivity index (χ0n) is 12.9. The summed E-state index contributed by atoms with van der Waals surface area (Å²) < 4.78 is 0. The Kier molecular flexibility index (Phi) is 3.31. The number of nitrogens with zero attached hydrogens (tertiary/aromatic N) is 2. The first kappa shape index (κ1) is 14.8. The standard InChI is InChI=1S/C17H16N4O3/c22-5-4-19-15(23)13-6-10-7-17(8-11(10)9-20-13)12-2-1-3-18-14(12)21-16(17)24/h1-3,6,9,22H,4-5,7-8H2,(H,19,23)(H,18,21,24). The van der Waals surface area contributed by atoms with Gasteiger partial charge in [-0.2, -0.15) is 0 Å². The number of carbonyl (C=O) groups is 2. The second-order valence-electron chi connectivity index (χ2n) is 6.11. The number of pyridine rings is 2. The van der Waals surface area contributed by atoms with Crippen molar-refractivity contribution in [1.29, 1.82) is 0 Å². The molecule has 0 bridgehead atoms. The lowest BCUT2D eigenvalue weighted by molar-refractivity contribution is -0.120. The van der Waals surface area contributed by atoms with E-state index in [-0.39, 0.29) is 25.0 Å². The monoisotopic (exact) mass is 324 g/mol. The van der Waals surface area contributed by atoms with Crippen molar-refractivity contribution >= 4 is 17.6 Å². The lowest BCUT2D eigenvalue weighted by atomic mass is 9.79. The first-order valence-corrected chi connectivity index (χ1v) is 7.78. The van der Waals surface area contributed by atoms with Gasteiger partial charge in [-0.15, -0.1) is 0 Å². The third-order valence-electron chi connectivity index (χ3n) is 4.69. The van der Waals surface area contributed by atoms with Gasteiger partial charge in [-0.1, -0.05) is 6.07 Å². The number of rotatable bonds is 3. The molecule has 1 aliphatic carbocycles. The van der Waals surface area contributed by atoms with Crippen LogP contribution in [0.3, 0.4) is 0 Å². The average molecular weight is 324 g/mol. The molecule has 1 unspecified atom stereocenters. The normalized spacial score (nSPS) is 20.6. The Hall–Kier alpha value is -2.80. The van der Waals surface area contributed by atoms with Crippen LogP contribution in [0.2, 0.25) is 0 Å². The van der Waals surface area contributed by atoms with Crippen molar-refractivity contribution in [3.8, 4) is 0 Å². The number of aliphatic hydroxyl groups excluding tert-OH is 1. The minimum atomic E-state index is -0.659. The number of fused-ring (bicyclic) bond motifs is 3. The highest BCUT2D eigenvalue weighted by atomic mass is 16.3. The van der Waals surface area contributed by atoms with Gasteiger partial charge in [-0.05, 0) is 36.1 Å². The second-order valence-corrected chi connectivity index (χ2v) is 6.11. The number of hydrogen-bond donors (Lipinski definition) is 3. The first-order chi connectivity index (χ1) is 11.6. The molecular weight excluding hydrogens is 308 g/mol. The van der Waals surface area contributed by atoms with Crippen molar-refractivity contribution in [2.75, 3.05) is 18.5 Å². The Morgan fingerprint density at radius 1 is 1.33 bits per heavy atom. The van der Waals surface area contributed by atoms with Crippen LogP contribution >= 0.6 is 0 Å². The quantitative estimate of drug-likeness (QED) is 0.747. The summed E-state index contributed by atoms with van der Waals surface area (Å²) in [7, 11) is 0. The van der Waals surface area contributed by atoms with Gasteiger partial charge in [0.15, 0.2) is 0 Å². The fourth-order valence-corrected chi connectivity index (χ4v) is 3.54. The summed E-state index contributed by atoms with van der Waals surface area (Å²) in [5.74, 6) is 0.230. The topological polar surface area (TPSA) is 104 Å². The van der Waals surface area contributed by atoms with E-state index in [1.165, 1.54) is 0 Å². The molecule has 2 aromatic rings. The van der Waals surface area contributed by atoms with E-state index in [0.29, 0.717) is 24.4 Å². The Balaban J connectivity index is 1.67. The Morgan fingerprint density at radius 2 is 2.17 bits per heavy atom. The van der Waals surface area contributed by atoms with Gasteiger partial charge < -0.3 is 15.7 Å². The molecule has 2 aliphatic rings. The van der Waals surface area contributed by atoms with Gasteiger partial charge in [-0.25, -0.2) is 4.98 Å². The molecule has 0 radical (unpaired) electrons. The largest absolute Gasteiger partial charge is 0.395 e. The van der Waals surface area contributed by atoms with Gasteiger partial charge in [0.05, 0.1) is 12.0 Å². The molecule has 3 N–H and O–H groups in total. The highest BCUT2D eigenvalue weighted by Crippen LogP contribution is 2.46. The van der Waals surface area contributed by atoms with Crippen LogP contribution in [-0.2, 0) is 23.1 Å². The van der Waals surface area contributed by atoms with E-state index in [1.54, 1.807) is 18.5 Å². The molecule has 24 heavy (non-hydrogen) atoms. The van der Waals surface area contributed by atoms with Crippen LogP contribution in [0.5, 0.6) is 0 Å². The molecule has 7 heteroatoms. The molecule has 0 fully saturated rings. The molecule has 1 aliphatic heterocycles. The van der Waals surface area contributed by atoms with Crippen molar-refractivity contribution in [1.82, 2.24) is 15.3 Å². The summed E-state index contributed by atoms with van der Waals surface area (Å²) in [6, 6.07) is 5.49. The summed E-state index contributed by atoms with van der Waals surface area (Å²) in [6.45, 7) is 0.0622. The maximum Gasteiger partial charge on any atom is 0.269 e. The van der Waals surface area contributed by atoms with Gasteiger partial charge >= 0.3 is 0 Å². The van der Waals surface area contributed by atoms with Crippen molar-refractivity contribution in [3.63, 3.8) is 0 Å². The van der Waals surface area contributed by atoms with Crippen LogP contribution in [0.1, 0.15) is 27.2 Å². The van der Waals surface area contributed by atoms with Gasteiger partial charge in [0.25, 0.3) is 5.91 Å². The van der Waals surface area contributed by atoms with Crippen molar-refractivity contribution < 1.29 is 14.7 Å². The predicted molar refractivity (Wildman–Crippen MR) is 85.6 cm³/mol.